The molecule has 2 heterocycles. The van der Waals surface area contributed by atoms with Crippen molar-refractivity contribution in [2.75, 3.05) is 7.11 Å². The highest BCUT2D eigenvalue weighted by molar-refractivity contribution is 6.04. The van der Waals surface area contributed by atoms with Crippen molar-refractivity contribution in [3.8, 4) is 5.75 Å². The molecule has 6 atom stereocenters. The van der Waals surface area contributed by atoms with E-state index >= 15 is 0 Å². The molecule has 2 N–H and O–H groups in total. The number of carbonyl (C=O) groups is 2. The van der Waals surface area contributed by atoms with Gasteiger partial charge in [0.25, 0.3) is 11.6 Å². The number of nitrogens with zero attached hydrogens (tertiary/aromatic N) is 1. The lowest BCUT2D eigenvalue weighted by molar-refractivity contribution is -0.385. The zero-order valence-corrected chi connectivity index (χ0v) is 19.6. The summed E-state index contributed by atoms with van der Waals surface area (Å²) < 4.78 is 12.6. The van der Waals surface area contributed by atoms with Crippen LogP contribution in [-0.2, 0) is 16.0 Å². The van der Waals surface area contributed by atoms with Gasteiger partial charge < -0.3 is 19.9 Å². The molecule has 0 saturated heterocycles. The van der Waals surface area contributed by atoms with E-state index < -0.39 is 39.6 Å². The van der Waals surface area contributed by atoms with Crippen LogP contribution in [0.25, 0.3) is 0 Å². The van der Waals surface area contributed by atoms with Crippen LogP contribution in [0.3, 0.4) is 0 Å². The molecule has 1 aromatic carbocycles. The van der Waals surface area contributed by atoms with Crippen LogP contribution in [0.2, 0.25) is 0 Å². The number of aliphatic hydroxyl groups excluding tert-OH is 1. The number of aliphatic hydroxyl groups is 1. The molecule has 4 aliphatic rings. The van der Waals surface area contributed by atoms with Gasteiger partial charge in [0.15, 0.2) is 12.0 Å². The quantitative estimate of drug-likeness (QED) is 0.515. The summed E-state index contributed by atoms with van der Waals surface area (Å²) in [5.74, 6) is -0.189. The molecule has 2 fully saturated rings. The predicted molar refractivity (Wildman–Crippen MR) is 117 cm³/mol. The molecular weight excluding hydrogens is 428 g/mol. The molecule has 9 nitrogen and oxygen atoms in total. The standard InChI is InChI=1S/C24H30N2O7/c1-11-6-7-15-22(2,3)19(27)14(32-5)10-24(15)23(11,4)9-12-8-13(26(30)31)16-17(18(12)33-24)21(29)25-20(16)28/h8,11,14-15,21,29H,6-7,9-10H2,1-5H3,(H,25,28)/t11-,14?,15-,21?,23+,24-/m0/s1. The molecule has 5 rings (SSSR count). The zero-order valence-electron chi connectivity index (χ0n) is 19.6. The summed E-state index contributed by atoms with van der Waals surface area (Å²) in [6.07, 6.45) is 0.522. The number of benzene rings is 1. The minimum absolute atomic E-state index is 0.0535. The van der Waals surface area contributed by atoms with Gasteiger partial charge in [0, 0.05) is 41.9 Å². The maximum absolute atomic E-state index is 13.3. The van der Waals surface area contributed by atoms with Gasteiger partial charge in [-0.1, -0.05) is 27.7 Å². The van der Waals surface area contributed by atoms with Crippen molar-refractivity contribution in [3.63, 3.8) is 0 Å². The molecule has 0 aromatic heterocycles. The van der Waals surface area contributed by atoms with E-state index in [4.69, 9.17) is 9.47 Å². The Hall–Kier alpha value is -2.52. The SMILES string of the molecule is COC1C[C@@]23Oc4c(cc([N+](=O)[O-])c5c4C(O)NC5=O)C[C@]2(C)[C@@H](C)CC[C@H]3C(C)(C)C1=O. The summed E-state index contributed by atoms with van der Waals surface area (Å²) in [4.78, 5) is 37.0. The Kier molecular flexibility index (Phi) is 4.56. The topological polar surface area (TPSA) is 128 Å². The van der Waals surface area contributed by atoms with Gasteiger partial charge in [0.05, 0.1) is 10.5 Å². The molecule has 2 aliphatic heterocycles. The summed E-state index contributed by atoms with van der Waals surface area (Å²) in [7, 11) is 1.53. The first-order valence-corrected chi connectivity index (χ1v) is 11.5. The number of carbonyl (C=O) groups excluding carboxylic acids is 2. The van der Waals surface area contributed by atoms with E-state index in [0.29, 0.717) is 24.2 Å². The third kappa shape index (κ3) is 2.60. The average molecular weight is 459 g/mol. The van der Waals surface area contributed by atoms with E-state index in [0.717, 1.165) is 12.8 Å². The minimum atomic E-state index is -1.39. The van der Waals surface area contributed by atoms with Crippen LogP contribution in [0.1, 0.15) is 74.7 Å². The number of hydrogen-bond donors (Lipinski definition) is 2. The third-order valence-corrected chi connectivity index (χ3v) is 9.26. The molecule has 1 amide bonds. The van der Waals surface area contributed by atoms with Crippen molar-refractivity contribution >= 4 is 17.4 Å². The van der Waals surface area contributed by atoms with Crippen molar-refractivity contribution in [3.05, 3.63) is 32.9 Å². The lowest BCUT2D eigenvalue weighted by atomic mass is 9.43. The number of amides is 1. The molecule has 2 aliphatic carbocycles. The van der Waals surface area contributed by atoms with Crippen molar-refractivity contribution in [1.82, 2.24) is 5.32 Å². The number of rotatable bonds is 2. The van der Waals surface area contributed by atoms with Crippen LogP contribution in [0.15, 0.2) is 6.07 Å². The smallest absolute Gasteiger partial charge is 0.283 e. The van der Waals surface area contributed by atoms with Crippen LogP contribution in [0.4, 0.5) is 5.69 Å². The second-order valence-electron chi connectivity index (χ2n) is 10.9. The number of ketones is 1. The number of ether oxygens (including phenoxy) is 2. The fraction of sp³-hybridized carbons (Fsp3) is 0.667. The van der Waals surface area contributed by atoms with Gasteiger partial charge >= 0.3 is 0 Å². The Labute approximate surface area is 192 Å². The number of nitro benzene ring substituents is 1. The van der Waals surface area contributed by atoms with Gasteiger partial charge in [0.1, 0.15) is 23.0 Å². The summed E-state index contributed by atoms with van der Waals surface area (Å²) in [6, 6.07) is 1.42. The lowest BCUT2D eigenvalue weighted by Gasteiger charge is -2.66. The van der Waals surface area contributed by atoms with Crippen molar-refractivity contribution in [2.45, 2.75) is 71.3 Å². The number of nitrogens with one attached hydrogen (secondary N) is 1. The van der Waals surface area contributed by atoms with E-state index in [9.17, 15) is 24.8 Å². The molecule has 1 spiro atoms. The summed E-state index contributed by atoms with van der Waals surface area (Å²) in [5.41, 5.74) is -1.65. The Morgan fingerprint density at radius 2 is 1.97 bits per heavy atom. The first-order chi connectivity index (χ1) is 15.4. The maximum atomic E-state index is 13.3. The van der Waals surface area contributed by atoms with Crippen LogP contribution < -0.4 is 10.1 Å². The van der Waals surface area contributed by atoms with Gasteiger partial charge in [-0.25, -0.2) is 0 Å². The van der Waals surface area contributed by atoms with Gasteiger partial charge in [-0.2, -0.15) is 0 Å². The molecule has 33 heavy (non-hydrogen) atoms. The second-order valence-corrected chi connectivity index (χ2v) is 10.9. The number of Topliss-reactive ketones (excluding diaryl/α,β-unsaturated/α-hetero) is 1. The Morgan fingerprint density at radius 3 is 2.61 bits per heavy atom. The van der Waals surface area contributed by atoms with Gasteiger partial charge in [-0.3, -0.25) is 19.7 Å². The Bertz CT molecular complexity index is 1100. The molecule has 9 heteroatoms. The van der Waals surface area contributed by atoms with Crippen molar-refractivity contribution in [2.24, 2.45) is 22.7 Å². The van der Waals surface area contributed by atoms with Crippen molar-refractivity contribution in [1.29, 1.82) is 0 Å². The highest BCUT2D eigenvalue weighted by Gasteiger charge is 2.70. The van der Waals surface area contributed by atoms with Gasteiger partial charge in [-0.05, 0) is 25.2 Å². The average Bonchev–Trinajstić information content (AvgIpc) is 3.04. The maximum Gasteiger partial charge on any atom is 0.283 e. The van der Waals surface area contributed by atoms with E-state index in [1.165, 1.54) is 13.2 Å². The van der Waals surface area contributed by atoms with Crippen LogP contribution in [0.5, 0.6) is 5.75 Å². The number of hydrogen-bond acceptors (Lipinski definition) is 7. The van der Waals surface area contributed by atoms with Crippen LogP contribution in [-0.4, -0.2) is 40.5 Å². The number of nitro groups is 1. The summed E-state index contributed by atoms with van der Waals surface area (Å²) in [5, 5.41) is 24.8. The Morgan fingerprint density at radius 1 is 1.27 bits per heavy atom. The summed E-state index contributed by atoms with van der Waals surface area (Å²) in [6.45, 7) is 8.20. The predicted octanol–water partition coefficient (Wildman–Crippen LogP) is 3.07. The molecule has 0 radical (unpaired) electrons. The molecule has 2 unspecified atom stereocenters. The van der Waals surface area contributed by atoms with Gasteiger partial charge in [-0.15, -0.1) is 0 Å². The van der Waals surface area contributed by atoms with E-state index in [-0.39, 0.29) is 34.4 Å². The van der Waals surface area contributed by atoms with Crippen molar-refractivity contribution < 1.29 is 29.1 Å². The lowest BCUT2D eigenvalue weighted by Crippen LogP contribution is -2.72. The van der Waals surface area contributed by atoms with Crippen LogP contribution in [0, 0.1) is 32.8 Å². The Balaban J connectivity index is 1.78. The number of methoxy groups -OCH3 is 1. The second kappa shape index (κ2) is 6.76. The molecule has 178 valence electrons. The zero-order chi connectivity index (χ0) is 24.1. The molecular formula is C24H30N2O7. The molecule has 2 saturated carbocycles. The monoisotopic (exact) mass is 458 g/mol. The fourth-order valence-electron chi connectivity index (χ4n) is 7.27. The normalized spacial score (nSPS) is 38.4. The molecule has 1 aromatic rings. The molecule has 0 bridgehead atoms. The number of fused-ring (bicyclic) bond motifs is 3. The first-order valence-electron chi connectivity index (χ1n) is 11.5. The van der Waals surface area contributed by atoms with E-state index in [1.54, 1.807) is 0 Å². The highest BCUT2D eigenvalue weighted by Crippen LogP contribution is 2.66. The fourth-order valence-corrected chi connectivity index (χ4v) is 7.27. The van der Waals surface area contributed by atoms with Gasteiger partial charge in [0.2, 0.25) is 0 Å². The highest BCUT2D eigenvalue weighted by atomic mass is 16.6. The minimum Gasteiger partial charge on any atom is -0.485 e. The van der Waals surface area contributed by atoms with E-state index in [2.05, 4.69) is 19.2 Å². The largest absolute Gasteiger partial charge is 0.485 e. The van der Waals surface area contributed by atoms with E-state index in [1.807, 2.05) is 13.8 Å². The summed E-state index contributed by atoms with van der Waals surface area (Å²) >= 11 is 0. The third-order valence-electron chi connectivity index (χ3n) is 9.26. The van der Waals surface area contributed by atoms with Crippen LogP contribution >= 0.6 is 0 Å². The first kappa shape index (κ1) is 22.3.